The summed E-state index contributed by atoms with van der Waals surface area (Å²) in [5.41, 5.74) is 5.20. The van der Waals surface area contributed by atoms with Gasteiger partial charge >= 0.3 is 5.97 Å². The van der Waals surface area contributed by atoms with Gasteiger partial charge in [-0.2, -0.15) is 0 Å². The van der Waals surface area contributed by atoms with Gasteiger partial charge in [0.15, 0.2) is 6.10 Å². The van der Waals surface area contributed by atoms with Gasteiger partial charge in [-0.15, -0.1) is 0 Å². The Morgan fingerprint density at radius 2 is 1.79 bits per heavy atom. The molecule has 1 unspecified atom stereocenters. The van der Waals surface area contributed by atoms with Crippen molar-refractivity contribution in [2.45, 2.75) is 18.6 Å². The first-order chi connectivity index (χ1) is 8.91. The molecule has 0 aromatic heterocycles. The van der Waals surface area contributed by atoms with Crippen LogP contribution in [0.2, 0.25) is 0 Å². The largest absolute Gasteiger partial charge is 0.480 e. The van der Waals surface area contributed by atoms with Crippen LogP contribution < -0.4 is 11.1 Å². The minimum Gasteiger partial charge on any atom is -0.480 e. The second-order valence-electron chi connectivity index (χ2n) is 3.88. The number of carboxylic acids is 1. The van der Waals surface area contributed by atoms with Crippen molar-refractivity contribution in [3.05, 3.63) is 35.9 Å². The Morgan fingerprint density at radius 1 is 1.21 bits per heavy atom. The van der Waals surface area contributed by atoms with Crippen molar-refractivity contribution in [1.29, 1.82) is 0 Å². The Hall–Kier alpha value is -2.41. The Kier molecular flexibility index (Phi) is 5.01. The molecule has 2 atom stereocenters. The monoisotopic (exact) mass is 266 g/mol. The summed E-state index contributed by atoms with van der Waals surface area (Å²) < 4.78 is 0. The lowest BCUT2D eigenvalue weighted by Gasteiger charge is -2.16. The highest BCUT2D eigenvalue weighted by Crippen LogP contribution is 2.12. The molecule has 0 saturated carbocycles. The standard InChI is InChI=1S/C12H14N2O5/c13-9(15)6-8(12(18)19)14-11(17)10(16)7-4-2-1-3-5-7/h1-5,8,10,16H,6H2,(H2,13,15)(H,14,17)(H,18,19)/t8-,10?/m0/s1. The van der Waals surface area contributed by atoms with Crippen LogP contribution in [0.1, 0.15) is 18.1 Å². The van der Waals surface area contributed by atoms with Gasteiger partial charge in [-0.05, 0) is 5.56 Å². The van der Waals surface area contributed by atoms with Gasteiger partial charge in [0.1, 0.15) is 6.04 Å². The minimum atomic E-state index is -1.50. The van der Waals surface area contributed by atoms with E-state index in [0.29, 0.717) is 5.56 Å². The predicted octanol–water partition coefficient (Wildman–Crippen LogP) is -0.835. The number of nitrogens with one attached hydrogen (secondary N) is 1. The van der Waals surface area contributed by atoms with Crippen molar-refractivity contribution in [1.82, 2.24) is 5.32 Å². The Balaban J connectivity index is 2.72. The molecule has 0 spiro atoms. The molecular weight excluding hydrogens is 252 g/mol. The smallest absolute Gasteiger partial charge is 0.326 e. The van der Waals surface area contributed by atoms with Crippen LogP contribution in [0.15, 0.2) is 30.3 Å². The van der Waals surface area contributed by atoms with Gasteiger partial charge in [-0.1, -0.05) is 30.3 Å². The maximum atomic E-state index is 11.7. The fourth-order valence-corrected chi connectivity index (χ4v) is 1.44. The molecule has 0 saturated heterocycles. The SMILES string of the molecule is NC(=O)C[C@H](NC(=O)C(O)c1ccccc1)C(=O)O. The van der Waals surface area contributed by atoms with E-state index in [1.54, 1.807) is 18.2 Å². The lowest BCUT2D eigenvalue weighted by molar-refractivity contribution is -0.144. The number of nitrogens with two attached hydrogens (primary N) is 1. The molecule has 1 aromatic rings. The molecule has 1 aromatic carbocycles. The highest BCUT2D eigenvalue weighted by Gasteiger charge is 2.26. The van der Waals surface area contributed by atoms with Gasteiger partial charge in [-0.25, -0.2) is 4.79 Å². The molecule has 19 heavy (non-hydrogen) atoms. The summed E-state index contributed by atoms with van der Waals surface area (Å²) in [6.07, 6.45) is -2.04. The molecule has 0 aliphatic carbocycles. The van der Waals surface area contributed by atoms with E-state index in [4.69, 9.17) is 10.8 Å². The minimum absolute atomic E-state index is 0.322. The molecule has 0 heterocycles. The quantitative estimate of drug-likeness (QED) is 0.533. The van der Waals surface area contributed by atoms with E-state index in [1.165, 1.54) is 12.1 Å². The van der Waals surface area contributed by atoms with E-state index in [2.05, 4.69) is 5.32 Å². The van der Waals surface area contributed by atoms with E-state index in [0.717, 1.165) is 0 Å². The third-order valence-corrected chi connectivity index (χ3v) is 2.38. The summed E-state index contributed by atoms with van der Waals surface area (Å²) in [5, 5.41) is 20.6. The van der Waals surface area contributed by atoms with Crippen LogP contribution >= 0.6 is 0 Å². The predicted molar refractivity (Wildman–Crippen MR) is 64.8 cm³/mol. The second kappa shape index (κ2) is 6.50. The highest BCUT2D eigenvalue weighted by atomic mass is 16.4. The number of carbonyl (C=O) groups excluding carboxylic acids is 2. The summed E-state index contributed by atoms with van der Waals surface area (Å²) in [5.74, 6) is -3.16. The third-order valence-electron chi connectivity index (χ3n) is 2.38. The number of primary amides is 1. The second-order valence-corrected chi connectivity index (χ2v) is 3.88. The lowest BCUT2D eigenvalue weighted by atomic mass is 10.1. The maximum absolute atomic E-state index is 11.7. The first-order valence-electron chi connectivity index (χ1n) is 5.46. The number of aliphatic hydroxyl groups is 1. The zero-order chi connectivity index (χ0) is 14.4. The maximum Gasteiger partial charge on any atom is 0.326 e. The first-order valence-corrected chi connectivity index (χ1v) is 5.46. The first kappa shape index (κ1) is 14.7. The normalized spacial score (nSPS) is 13.3. The van der Waals surface area contributed by atoms with Crippen LogP contribution in [-0.4, -0.2) is 34.0 Å². The molecule has 0 fully saturated rings. The average molecular weight is 266 g/mol. The van der Waals surface area contributed by atoms with Crippen LogP contribution in [0.4, 0.5) is 0 Å². The average Bonchev–Trinajstić information content (AvgIpc) is 2.37. The van der Waals surface area contributed by atoms with Gasteiger partial charge in [0.05, 0.1) is 6.42 Å². The van der Waals surface area contributed by atoms with E-state index in [9.17, 15) is 19.5 Å². The summed E-state index contributed by atoms with van der Waals surface area (Å²) in [6, 6.07) is 6.56. The summed E-state index contributed by atoms with van der Waals surface area (Å²) in [7, 11) is 0. The summed E-state index contributed by atoms with van der Waals surface area (Å²) in [4.78, 5) is 33.2. The van der Waals surface area contributed by atoms with Crippen molar-refractivity contribution in [3.63, 3.8) is 0 Å². The van der Waals surface area contributed by atoms with Crippen LogP contribution in [0.25, 0.3) is 0 Å². The zero-order valence-electron chi connectivity index (χ0n) is 9.95. The molecule has 7 heteroatoms. The van der Waals surface area contributed by atoms with Gasteiger partial charge < -0.3 is 21.3 Å². The molecule has 0 radical (unpaired) electrons. The van der Waals surface area contributed by atoms with Crippen LogP contribution in [0, 0.1) is 0 Å². The van der Waals surface area contributed by atoms with Crippen LogP contribution in [0.3, 0.4) is 0 Å². The number of carbonyl (C=O) groups is 3. The van der Waals surface area contributed by atoms with E-state index in [-0.39, 0.29) is 0 Å². The van der Waals surface area contributed by atoms with Gasteiger partial charge in [-0.3, -0.25) is 9.59 Å². The fraction of sp³-hybridized carbons (Fsp3) is 0.250. The molecule has 0 aliphatic heterocycles. The Labute approximate surface area is 109 Å². The van der Waals surface area contributed by atoms with Crippen molar-refractivity contribution in [3.8, 4) is 0 Å². The van der Waals surface area contributed by atoms with Crippen molar-refractivity contribution in [2.75, 3.05) is 0 Å². The van der Waals surface area contributed by atoms with Gasteiger partial charge in [0.25, 0.3) is 5.91 Å². The summed E-state index contributed by atoms with van der Waals surface area (Å²) in [6.45, 7) is 0. The Morgan fingerprint density at radius 3 is 2.26 bits per heavy atom. The van der Waals surface area contributed by atoms with E-state index in [1.807, 2.05) is 0 Å². The number of rotatable bonds is 6. The van der Waals surface area contributed by atoms with Gasteiger partial charge in [0, 0.05) is 0 Å². The number of aliphatic hydroxyl groups excluding tert-OH is 1. The third kappa shape index (κ3) is 4.40. The van der Waals surface area contributed by atoms with Crippen LogP contribution in [0.5, 0.6) is 0 Å². The van der Waals surface area contributed by atoms with Crippen molar-refractivity contribution >= 4 is 17.8 Å². The zero-order valence-corrected chi connectivity index (χ0v) is 9.95. The Bertz CT molecular complexity index is 474. The van der Waals surface area contributed by atoms with Gasteiger partial charge in [0.2, 0.25) is 5.91 Å². The topological polar surface area (TPSA) is 130 Å². The van der Waals surface area contributed by atoms with E-state index >= 15 is 0 Å². The molecule has 0 bridgehead atoms. The molecule has 2 amide bonds. The molecule has 1 rings (SSSR count). The number of hydrogen-bond acceptors (Lipinski definition) is 4. The number of hydrogen-bond donors (Lipinski definition) is 4. The van der Waals surface area contributed by atoms with Crippen molar-refractivity contribution < 1.29 is 24.6 Å². The molecule has 7 nitrogen and oxygen atoms in total. The number of aliphatic carboxylic acids is 1. The van der Waals surface area contributed by atoms with Crippen LogP contribution in [-0.2, 0) is 14.4 Å². The number of carboxylic acid groups (broad SMARTS) is 1. The molecule has 0 aliphatic rings. The summed E-state index contributed by atoms with van der Waals surface area (Å²) >= 11 is 0. The lowest BCUT2D eigenvalue weighted by Crippen LogP contribution is -2.45. The highest BCUT2D eigenvalue weighted by molar-refractivity contribution is 5.90. The fourth-order valence-electron chi connectivity index (χ4n) is 1.44. The number of amides is 2. The molecule has 5 N–H and O–H groups in total. The van der Waals surface area contributed by atoms with E-state index < -0.39 is 36.4 Å². The molecule has 102 valence electrons. The number of benzene rings is 1. The van der Waals surface area contributed by atoms with Crippen molar-refractivity contribution in [2.24, 2.45) is 5.73 Å². The molecular formula is C12H14N2O5.